The van der Waals surface area contributed by atoms with Crippen LogP contribution in [0, 0.1) is 0 Å². The Morgan fingerprint density at radius 1 is 1.27 bits per heavy atom. The predicted octanol–water partition coefficient (Wildman–Crippen LogP) is 0.491. The lowest BCUT2D eigenvalue weighted by Crippen LogP contribution is -2.03. The SMILES string of the molecule is CC=CNCCC.OCCO. The Labute approximate surface area is 68.7 Å². The highest BCUT2D eigenvalue weighted by molar-refractivity contribution is 4.72. The van der Waals surface area contributed by atoms with Gasteiger partial charge in [0.05, 0.1) is 13.2 Å². The minimum Gasteiger partial charge on any atom is -0.394 e. The lowest BCUT2D eigenvalue weighted by molar-refractivity contribution is 0.186. The van der Waals surface area contributed by atoms with E-state index in [1.807, 2.05) is 19.2 Å². The van der Waals surface area contributed by atoms with E-state index in [0.717, 1.165) is 6.54 Å². The third kappa shape index (κ3) is 26.5. The number of hydrogen-bond acceptors (Lipinski definition) is 3. The summed E-state index contributed by atoms with van der Waals surface area (Å²) >= 11 is 0. The molecule has 0 radical (unpaired) electrons. The zero-order chi connectivity index (χ0) is 8.95. The molecule has 0 amide bonds. The monoisotopic (exact) mass is 161 g/mol. The number of rotatable bonds is 4. The van der Waals surface area contributed by atoms with Crippen LogP contribution in [0.3, 0.4) is 0 Å². The molecule has 0 aliphatic rings. The molecule has 0 fully saturated rings. The van der Waals surface area contributed by atoms with Crippen molar-refractivity contribution in [2.75, 3.05) is 19.8 Å². The fraction of sp³-hybridized carbons (Fsp3) is 0.750. The molecule has 0 aromatic heterocycles. The molecule has 0 heterocycles. The van der Waals surface area contributed by atoms with Crippen molar-refractivity contribution >= 4 is 0 Å². The van der Waals surface area contributed by atoms with Crippen molar-refractivity contribution in [2.45, 2.75) is 20.3 Å². The van der Waals surface area contributed by atoms with Gasteiger partial charge in [-0.2, -0.15) is 0 Å². The molecule has 3 nitrogen and oxygen atoms in total. The van der Waals surface area contributed by atoms with Crippen LogP contribution in [0.1, 0.15) is 20.3 Å². The zero-order valence-corrected chi connectivity index (χ0v) is 7.38. The van der Waals surface area contributed by atoms with Gasteiger partial charge in [-0.1, -0.05) is 13.0 Å². The second kappa shape index (κ2) is 16.2. The van der Waals surface area contributed by atoms with Crippen LogP contribution in [-0.4, -0.2) is 30.0 Å². The average molecular weight is 161 g/mol. The molecule has 0 saturated heterocycles. The van der Waals surface area contributed by atoms with Crippen molar-refractivity contribution in [3.05, 3.63) is 12.3 Å². The van der Waals surface area contributed by atoms with Gasteiger partial charge >= 0.3 is 0 Å². The minimum absolute atomic E-state index is 0.125. The fourth-order valence-corrected chi connectivity index (χ4v) is 0.346. The molecular weight excluding hydrogens is 142 g/mol. The minimum atomic E-state index is -0.125. The fourth-order valence-electron chi connectivity index (χ4n) is 0.346. The molecule has 3 N–H and O–H groups in total. The van der Waals surface area contributed by atoms with Crippen LogP contribution < -0.4 is 5.32 Å². The predicted molar refractivity (Wildman–Crippen MR) is 47.3 cm³/mol. The number of aliphatic hydroxyl groups excluding tert-OH is 2. The first-order valence-electron chi connectivity index (χ1n) is 3.89. The summed E-state index contributed by atoms with van der Waals surface area (Å²) in [7, 11) is 0. The maximum atomic E-state index is 7.62. The van der Waals surface area contributed by atoms with Gasteiger partial charge in [-0.25, -0.2) is 0 Å². The van der Waals surface area contributed by atoms with Crippen LogP contribution in [0.15, 0.2) is 12.3 Å². The number of aliphatic hydroxyl groups is 2. The summed E-state index contributed by atoms with van der Waals surface area (Å²) < 4.78 is 0. The second-order valence-corrected chi connectivity index (χ2v) is 1.90. The van der Waals surface area contributed by atoms with Gasteiger partial charge in [0, 0.05) is 6.54 Å². The summed E-state index contributed by atoms with van der Waals surface area (Å²) in [5.74, 6) is 0. The highest BCUT2D eigenvalue weighted by Crippen LogP contribution is 1.68. The molecule has 0 unspecified atom stereocenters. The van der Waals surface area contributed by atoms with E-state index < -0.39 is 0 Å². The Morgan fingerprint density at radius 3 is 2.09 bits per heavy atom. The Balaban J connectivity index is 0. The summed E-state index contributed by atoms with van der Waals surface area (Å²) in [5.41, 5.74) is 0. The maximum Gasteiger partial charge on any atom is 0.0662 e. The molecule has 0 bridgehead atoms. The normalized spacial score (nSPS) is 9.09. The molecule has 0 saturated carbocycles. The van der Waals surface area contributed by atoms with Crippen LogP contribution >= 0.6 is 0 Å². The van der Waals surface area contributed by atoms with Gasteiger partial charge in [0.1, 0.15) is 0 Å². The molecule has 11 heavy (non-hydrogen) atoms. The van der Waals surface area contributed by atoms with E-state index in [2.05, 4.69) is 12.2 Å². The molecule has 3 heteroatoms. The topological polar surface area (TPSA) is 52.5 Å². The number of allylic oxidation sites excluding steroid dienone is 1. The van der Waals surface area contributed by atoms with Crippen LogP contribution in [0.2, 0.25) is 0 Å². The van der Waals surface area contributed by atoms with Crippen molar-refractivity contribution in [1.82, 2.24) is 5.32 Å². The van der Waals surface area contributed by atoms with E-state index >= 15 is 0 Å². The number of nitrogens with one attached hydrogen (secondary N) is 1. The largest absolute Gasteiger partial charge is 0.394 e. The molecule has 68 valence electrons. The molecule has 0 spiro atoms. The number of hydrogen-bond donors (Lipinski definition) is 3. The summed E-state index contributed by atoms with van der Waals surface area (Å²) in [6.45, 7) is 4.99. The van der Waals surface area contributed by atoms with E-state index in [1.165, 1.54) is 6.42 Å². The van der Waals surface area contributed by atoms with E-state index in [1.54, 1.807) is 0 Å². The molecular formula is C8H19NO2. The first-order chi connectivity index (χ1) is 5.33. The molecule has 0 atom stereocenters. The third-order valence-electron chi connectivity index (χ3n) is 0.779. The summed E-state index contributed by atoms with van der Waals surface area (Å²) in [6.07, 6.45) is 5.16. The second-order valence-electron chi connectivity index (χ2n) is 1.90. The Bertz CT molecular complexity index is 72.5. The Hall–Kier alpha value is -0.540. The first-order valence-corrected chi connectivity index (χ1v) is 3.89. The Kier molecular flexibility index (Phi) is 19.3. The van der Waals surface area contributed by atoms with Crippen molar-refractivity contribution in [2.24, 2.45) is 0 Å². The van der Waals surface area contributed by atoms with E-state index in [4.69, 9.17) is 10.2 Å². The lowest BCUT2D eigenvalue weighted by atomic mass is 10.5. The quantitative estimate of drug-likeness (QED) is 0.526. The summed E-state index contributed by atoms with van der Waals surface area (Å²) in [5, 5.41) is 18.4. The highest BCUT2D eigenvalue weighted by Gasteiger charge is 1.68. The third-order valence-corrected chi connectivity index (χ3v) is 0.779. The van der Waals surface area contributed by atoms with Crippen LogP contribution in [-0.2, 0) is 0 Å². The van der Waals surface area contributed by atoms with Gasteiger partial charge in [0.15, 0.2) is 0 Å². The van der Waals surface area contributed by atoms with Crippen LogP contribution in [0.25, 0.3) is 0 Å². The zero-order valence-electron chi connectivity index (χ0n) is 7.38. The van der Waals surface area contributed by atoms with Gasteiger partial charge in [0.2, 0.25) is 0 Å². The first kappa shape index (κ1) is 13.1. The molecule has 0 aromatic rings. The van der Waals surface area contributed by atoms with Crippen molar-refractivity contribution in [3.8, 4) is 0 Å². The standard InChI is InChI=1S/C6H13N.C2H6O2/c1-3-5-7-6-4-2;3-1-2-4/h3,5,7H,4,6H2,1-2H3;3-4H,1-2H2. The van der Waals surface area contributed by atoms with Gasteiger partial charge in [-0.05, 0) is 19.5 Å². The van der Waals surface area contributed by atoms with Crippen LogP contribution in [0.4, 0.5) is 0 Å². The van der Waals surface area contributed by atoms with Crippen molar-refractivity contribution in [1.29, 1.82) is 0 Å². The molecule has 0 aromatic carbocycles. The lowest BCUT2D eigenvalue weighted by Gasteiger charge is -1.91. The van der Waals surface area contributed by atoms with Gasteiger partial charge in [-0.3, -0.25) is 0 Å². The van der Waals surface area contributed by atoms with Crippen molar-refractivity contribution < 1.29 is 10.2 Å². The van der Waals surface area contributed by atoms with Gasteiger partial charge in [-0.15, -0.1) is 0 Å². The summed E-state index contributed by atoms with van der Waals surface area (Å²) in [4.78, 5) is 0. The van der Waals surface area contributed by atoms with E-state index in [-0.39, 0.29) is 13.2 Å². The van der Waals surface area contributed by atoms with Crippen molar-refractivity contribution in [3.63, 3.8) is 0 Å². The Morgan fingerprint density at radius 2 is 1.82 bits per heavy atom. The maximum absolute atomic E-state index is 7.62. The van der Waals surface area contributed by atoms with E-state index in [9.17, 15) is 0 Å². The van der Waals surface area contributed by atoms with E-state index in [0.29, 0.717) is 0 Å². The molecule has 0 aliphatic carbocycles. The molecule has 0 aliphatic heterocycles. The molecule has 0 rings (SSSR count). The highest BCUT2D eigenvalue weighted by atomic mass is 16.3. The summed E-state index contributed by atoms with van der Waals surface area (Å²) in [6, 6.07) is 0. The van der Waals surface area contributed by atoms with Gasteiger partial charge in [0.25, 0.3) is 0 Å². The van der Waals surface area contributed by atoms with Crippen LogP contribution in [0.5, 0.6) is 0 Å². The van der Waals surface area contributed by atoms with Gasteiger partial charge < -0.3 is 15.5 Å². The smallest absolute Gasteiger partial charge is 0.0662 e. The average Bonchev–Trinajstić information content (AvgIpc) is 2.06.